The molecule has 1 aliphatic rings. The number of benzene rings is 2. The molecule has 1 unspecified atom stereocenters. The maximum Gasteiger partial charge on any atom is 0.306 e. The topological polar surface area (TPSA) is 59.0 Å². The molecule has 1 fully saturated rings. The molecule has 2 aromatic carbocycles. The highest BCUT2D eigenvalue weighted by atomic mass is 32.1. The van der Waals surface area contributed by atoms with Gasteiger partial charge < -0.3 is 14.6 Å². The fourth-order valence-electron chi connectivity index (χ4n) is 4.33. The van der Waals surface area contributed by atoms with Crippen LogP contribution >= 0.6 is 11.3 Å². The second-order valence-electron chi connectivity index (χ2n) is 7.81. The van der Waals surface area contributed by atoms with Gasteiger partial charge in [-0.15, -0.1) is 11.3 Å². The molecule has 0 bridgehead atoms. The van der Waals surface area contributed by atoms with Crippen LogP contribution in [0.3, 0.4) is 0 Å². The maximum absolute atomic E-state index is 11.5. The highest BCUT2D eigenvalue weighted by molar-refractivity contribution is 7.19. The molecule has 0 amide bonds. The number of carboxylic acid groups (broad SMARTS) is 1. The van der Waals surface area contributed by atoms with Crippen molar-refractivity contribution in [2.24, 2.45) is 5.92 Å². The molecule has 1 aromatic heterocycles. The van der Waals surface area contributed by atoms with E-state index >= 15 is 0 Å². The van der Waals surface area contributed by atoms with Crippen LogP contribution in [0.1, 0.15) is 43.2 Å². The summed E-state index contributed by atoms with van der Waals surface area (Å²) in [6, 6.07) is 17.0. The van der Waals surface area contributed by atoms with E-state index in [0.717, 1.165) is 30.2 Å². The third-order valence-electron chi connectivity index (χ3n) is 5.84. The normalized spacial score (nSPS) is 16.3. The number of piperidine rings is 1. The van der Waals surface area contributed by atoms with Crippen LogP contribution in [0.4, 0.5) is 0 Å². The predicted octanol–water partition coefficient (Wildman–Crippen LogP) is 5.58. The molecule has 0 aliphatic carbocycles. The molecule has 5 nitrogen and oxygen atoms in total. The van der Waals surface area contributed by atoms with Crippen molar-refractivity contribution in [1.82, 2.24) is 4.90 Å². The molecule has 3 aromatic rings. The Bertz CT molecular complexity index is 1010. The molecule has 0 radical (unpaired) electrons. The van der Waals surface area contributed by atoms with Crippen LogP contribution in [0, 0.1) is 5.92 Å². The molecule has 4 rings (SSSR count). The monoisotopic (exact) mass is 439 g/mol. The van der Waals surface area contributed by atoms with Gasteiger partial charge in [-0.05, 0) is 75.0 Å². The van der Waals surface area contributed by atoms with Crippen LogP contribution in [-0.2, 0) is 4.79 Å². The molecule has 1 aliphatic heterocycles. The van der Waals surface area contributed by atoms with Crippen LogP contribution < -0.4 is 9.47 Å². The van der Waals surface area contributed by atoms with Gasteiger partial charge in [0, 0.05) is 9.58 Å². The average molecular weight is 440 g/mol. The van der Waals surface area contributed by atoms with Gasteiger partial charge in [0.1, 0.15) is 0 Å². The van der Waals surface area contributed by atoms with E-state index in [-0.39, 0.29) is 12.0 Å². The number of aliphatic carboxylic acids is 1. The van der Waals surface area contributed by atoms with Crippen molar-refractivity contribution in [3.8, 4) is 11.5 Å². The summed E-state index contributed by atoms with van der Waals surface area (Å²) in [5, 5.41) is 10.7. The van der Waals surface area contributed by atoms with Gasteiger partial charge >= 0.3 is 5.97 Å². The number of carbonyl (C=O) groups is 1. The third kappa shape index (κ3) is 4.70. The van der Waals surface area contributed by atoms with Gasteiger partial charge in [0.25, 0.3) is 0 Å². The van der Waals surface area contributed by atoms with Crippen LogP contribution in [0.15, 0.2) is 48.5 Å². The van der Waals surface area contributed by atoms with E-state index in [1.165, 1.54) is 15.0 Å². The number of nitrogens with zero attached hydrogens (tertiary/aromatic N) is 1. The van der Waals surface area contributed by atoms with Crippen LogP contribution in [0.5, 0.6) is 11.5 Å². The quantitative estimate of drug-likeness (QED) is 0.496. The summed E-state index contributed by atoms with van der Waals surface area (Å²) in [4.78, 5) is 15.1. The first-order valence-corrected chi connectivity index (χ1v) is 11.8. The molecule has 1 N–H and O–H groups in total. The second-order valence-corrected chi connectivity index (χ2v) is 8.93. The summed E-state index contributed by atoms with van der Waals surface area (Å²) in [6.07, 6.45) is 1.35. The first-order chi connectivity index (χ1) is 15.1. The molecule has 0 spiro atoms. The summed E-state index contributed by atoms with van der Waals surface area (Å²) < 4.78 is 12.9. The Morgan fingerprint density at radius 2 is 1.77 bits per heavy atom. The Labute approximate surface area is 187 Å². The molecule has 2 heterocycles. The minimum Gasteiger partial charge on any atom is -0.490 e. The number of rotatable bonds is 8. The molecule has 1 saturated heterocycles. The Balaban J connectivity index is 1.73. The summed E-state index contributed by atoms with van der Waals surface area (Å²) >= 11 is 1.80. The number of hydrogen-bond acceptors (Lipinski definition) is 5. The zero-order valence-electron chi connectivity index (χ0n) is 18.0. The van der Waals surface area contributed by atoms with Crippen LogP contribution in [-0.4, -0.2) is 42.3 Å². The second kappa shape index (κ2) is 9.71. The number of fused-ring (bicyclic) bond motifs is 1. The zero-order valence-corrected chi connectivity index (χ0v) is 18.9. The molecular weight excluding hydrogens is 410 g/mol. The van der Waals surface area contributed by atoms with Gasteiger partial charge in [0.05, 0.1) is 25.2 Å². The van der Waals surface area contributed by atoms with E-state index in [4.69, 9.17) is 9.47 Å². The number of carboxylic acids is 1. The van der Waals surface area contributed by atoms with E-state index in [2.05, 4.69) is 47.4 Å². The van der Waals surface area contributed by atoms with Crippen molar-refractivity contribution < 1.29 is 19.4 Å². The van der Waals surface area contributed by atoms with Gasteiger partial charge in [0.15, 0.2) is 11.5 Å². The van der Waals surface area contributed by atoms with Gasteiger partial charge in [0.2, 0.25) is 0 Å². The van der Waals surface area contributed by atoms with E-state index < -0.39 is 5.97 Å². The summed E-state index contributed by atoms with van der Waals surface area (Å²) in [6.45, 7) is 6.61. The van der Waals surface area contributed by atoms with Crippen molar-refractivity contribution in [3.05, 3.63) is 59.0 Å². The number of thiophene rings is 1. The molecule has 31 heavy (non-hydrogen) atoms. The van der Waals surface area contributed by atoms with Gasteiger partial charge in [-0.3, -0.25) is 9.69 Å². The minimum atomic E-state index is -0.683. The highest BCUT2D eigenvalue weighted by Gasteiger charge is 2.31. The fourth-order valence-corrected chi connectivity index (χ4v) is 5.56. The molecule has 6 heteroatoms. The van der Waals surface area contributed by atoms with Gasteiger partial charge in [-0.25, -0.2) is 0 Å². The molecular formula is C25H29NO4S. The Kier molecular flexibility index (Phi) is 6.78. The summed E-state index contributed by atoms with van der Waals surface area (Å²) in [5.74, 6) is 0.581. The van der Waals surface area contributed by atoms with Crippen molar-refractivity contribution >= 4 is 27.4 Å². The lowest BCUT2D eigenvalue weighted by Crippen LogP contribution is -2.39. The Morgan fingerprint density at radius 1 is 1.06 bits per heavy atom. The lowest BCUT2D eigenvalue weighted by molar-refractivity contribution is -0.143. The van der Waals surface area contributed by atoms with Crippen LogP contribution in [0.25, 0.3) is 10.1 Å². The number of hydrogen-bond donors (Lipinski definition) is 1. The summed E-state index contributed by atoms with van der Waals surface area (Å²) in [7, 11) is 0. The lowest BCUT2D eigenvalue weighted by Gasteiger charge is -2.36. The number of likely N-dealkylation sites (tertiary alicyclic amines) is 1. The van der Waals surface area contributed by atoms with Crippen molar-refractivity contribution in [2.45, 2.75) is 32.7 Å². The largest absolute Gasteiger partial charge is 0.490 e. The van der Waals surface area contributed by atoms with Crippen molar-refractivity contribution in [3.63, 3.8) is 0 Å². The van der Waals surface area contributed by atoms with E-state index in [0.29, 0.717) is 26.1 Å². The maximum atomic E-state index is 11.5. The van der Waals surface area contributed by atoms with E-state index in [1.807, 2.05) is 19.9 Å². The minimum absolute atomic E-state index is 0.0574. The SMILES string of the molecule is CCOc1ccc(C(c2cc3ccccc3s2)N2CCC(C(=O)O)CC2)cc1OCC. The standard InChI is InChI=1S/C25H29NO4S/c1-3-29-20-10-9-19(15-21(20)30-4-2)24(26-13-11-17(12-14-26)25(27)28)23-16-18-7-5-6-8-22(18)31-23/h5-10,15-17,24H,3-4,11-14H2,1-2H3,(H,27,28). The zero-order chi connectivity index (χ0) is 21.8. The smallest absolute Gasteiger partial charge is 0.306 e. The Hall–Kier alpha value is -2.57. The van der Waals surface area contributed by atoms with E-state index in [1.54, 1.807) is 11.3 Å². The molecule has 164 valence electrons. The first kappa shape index (κ1) is 21.7. The summed E-state index contributed by atoms with van der Waals surface area (Å²) in [5.41, 5.74) is 1.15. The third-order valence-corrected chi connectivity index (χ3v) is 7.01. The lowest BCUT2D eigenvalue weighted by atomic mass is 9.93. The molecule has 1 atom stereocenters. The van der Waals surface area contributed by atoms with Crippen LogP contribution in [0.2, 0.25) is 0 Å². The number of ether oxygens (including phenoxy) is 2. The fraction of sp³-hybridized carbons (Fsp3) is 0.400. The predicted molar refractivity (Wildman–Crippen MR) is 124 cm³/mol. The van der Waals surface area contributed by atoms with Crippen molar-refractivity contribution in [2.75, 3.05) is 26.3 Å². The average Bonchev–Trinajstić information content (AvgIpc) is 3.20. The highest BCUT2D eigenvalue weighted by Crippen LogP contribution is 2.41. The van der Waals surface area contributed by atoms with Crippen molar-refractivity contribution in [1.29, 1.82) is 0 Å². The van der Waals surface area contributed by atoms with Gasteiger partial charge in [-0.1, -0.05) is 24.3 Å². The first-order valence-electron chi connectivity index (χ1n) is 11.0. The Morgan fingerprint density at radius 3 is 2.45 bits per heavy atom. The van der Waals surface area contributed by atoms with E-state index in [9.17, 15) is 9.90 Å². The van der Waals surface area contributed by atoms with Gasteiger partial charge in [-0.2, -0.15) is 0 Å². The molecule has 0 saturated carbocycles.